The number of rotatable bonds is 2. The van der Waals surface area contributed by atoms with Crippen molar-refractivity contribution in [1.29, 1.82) is 0 Å². The predicted molar refractivity (Wildman–Crippen MR) is 79.4 cm³/mol. The number of hydrogen-bond acceptors (Lipinski definition) is 5. The Balaban J connectivity index is 1.77. The SMILES string of the molecule is Nc1cccc(-c2nc(-c3cc4ccccc4o3)no2)c1. The van der Waals surface area contributed by atoms with Crippen molar-refractivity contribution in [3.05, 3.63) is 54.6 Å². The predicted octanol–water partition coefficient (Wildman–Crippen LogP) is 3.73. The molecule has 0 amide bonds. The van der Waals surface area contributed by atoms with Crippen LogP contribution < -0.4 is 5.73 Å². The quantitative estimate of drug-likeness (QED) is 0.565. The molecule has 0 fully saturated rings. The maximum atomic E-state index is 5.76. The fourth-order valence-electron chi connectivity index (χ4n) is 2.20. The number of nitrogen functional groups attached to an aromatic ring is 1. The third kappa shape index (κ3) is 2.04. The molecule has 0 saturated carbocycles. The van der Waals surface area contributed by atoms with Crippen LogP contribution in [0.15, 0.2) is 63.5 Å². The van der Waals surface area contributed by atoms with Gasteiger partial charge in [0.05, 0.1) is 0 Å². The summed E-state index contributed by atoms with van der Waals surface area (Å²) in [5.41, 5.74) is 7.98. The van der Waals surface area contributed by atoms with E-state index in [0.29, 0.717) is 23.2 Å². The van der Waals surface area contributed by atoms with E-state index in [2.05, 4.69) is 10.1 Å². The Hall–Kier alpha value is -3.08. The van der Waals surface area contributed by atoms with Gasteiger partial charge in [-0.25, -0.2) is 0 Å². The molecule has 4 rings (SSSR count). The lowest BCUT2D eigenvalue weighted by Crippen LogP contribution is -1.85. The minimum atomic E-state index is 0.415. The van der Waals surface area contributed by atoms with E-state index in [-0.39, 0.29) is 0 Å². The molecule has 102 valence electrons. The Labute approximate surface area is 120 Å². The maximum absolute atomic E-state index is 5.76. The third-order valence-corrected chi connectivity index (χ3v) is 3.21. The number of nitrogens with two attached hydrogens (primary N) is 1. The van der Waals surface area contributed by atoms with Gasteiger partial charge >= 0.3 is 0 Å². The summed E-state index contributed by atoms with van der Waals surface area (Å²) >= 11 is 0. The molecule has 0 atom stereocenters. The number of para-hydroxylation sites is 1. The summed E-state index contributed by atoms with van der Waals surface area (Å²) in [4.78, 5) is 4.36. The Bertz CT molecular complexity index is 891. The number of anilines is 1. The van der Waals surface area contributed by atoms with Gasteiger partial charge in [0.15, 0.2) is 5.76 Å². The number of benzene rings is 2. The Kier molecular flexibility index (Phi) is 2.50. The Morgan fingerprint density at radius 2 is 1.86 bits per heavy atom. The molecule has 2 aromatic carbocycles. The van der Waals surface area contributed by atoms with Crippen LogP contribution in [0.2, 0.25) is 0 Å². The van der Waals surface area contributed by atoms with Crippen molar-refractivity contribution >= 4 is 16.7 Å². The highest BCUT2D eigenvalue weighted by Gasteiger charge is 2.14. The number of fused-ring (bicyclic) bond motifs is 1. The van der Waals surface area contributed by atoms with E-state index in [4.69, 9.17) is 14.7 Å². The second kappa shape index (κ2) is 4.49. The van der Waals surface area contributed by atoms with Crippen LogP contribution in [-0.2, 0) is 0 Å². The van der Waals surface area contributed by atoms with Gasteiger partial charge in [-0.15, -0.1) is 0 Å². The van der Waals surface area contributed by atoms with Crippen LogP contribution in [0.3, 0.4) is 0 Å². The highest BCUT2D eigenvalue weighted by molar-refractivity contribution is 5.81. The standard InChI is InChI=1S/C16H11N3O2/c17-12-6-3-5-11(8-12)16-18-15(19-21-16)14-9-10-4-1-2-7-13(10)20-14/h1-9H,17H2. The van der Waals surface area contributed by atoms with Crippen LogP contribution >= 0.6 is 0 Å². The number of furan rings is 1. The molecule has 0 radical (unpaired) electrons. The van der Waals surface area contributed by atoms with E-state index >= 15 is 0 Å². The lowest BCUT2D eigenvalue weighted by atomic mass is 10.2. The van der Waals surface area contributed by atoms with Crippen molar-refractivity contribution in [2.45, 2.75) is 0 Å². The van der Waals surface area contributed by atoms with Crippen molar-refractivity contribution in [3.63, 3.8) is 0 Å². The lowest BCUT2D eigenvalue weighted by molar-refractivity contribution is 0.430. The maximum Gasteiger partial charge on any atom is 0.258 e. The number of hydrogen-bond donors (Lipinski definition) is 1. The topological polar surface area (TPSA) is 78.1 Å². The first kappa shape index (κ1) is 11.7. The highest BCUT2D eigenvalue weighted by atomic mass is 16.5. The Morgan fingerprint density at radius 3 is 2.71 bits per heavy atom. The fourth-order valence-corrected chi connectivity index (χ4v) is 2.20. The molecule has 2 aromatic heterocycles. The molecule has 0 saturated heterocycles. The van der Waals surface area contributed by atoms with Crippen molar-refractivity contribution in [1.82, 2.24) is 10.1 Å². The summed E-state index contributed by atoms with van der Waals surface area (Å²) in [7, 11) is 0. The second-order valence-corrected chi connectivity index (χ2v) is 4.70. The smallest absolute Gasteiger partial charge is 0.258 e. The highest BCUT2D eigenvalue weighted by Crippen LogP contribution is 2.28. The molecule has 0 spiro atoms. The molecule has 2 heterocycles. The van der Waals surface area contributed by atoms with Gasteiger partial charge in [0.25, 0.3) is 5.89 Å². The van der Waals surface area contributed by atoms with Crippen molar-refractivity contribution < 1.29 is 8.94 Å². The second-order valence-electron chi connectivity index (χ2n) is 4.70. The third-order valence-electron chi connectivity index (χ3n) is 3.21. The van der Waals surface area contributed by atoms with E-state index in [1.165, 1.54) is 0 Å². The molecular weight excluding hydrogens is 266 g/mol. The average Bonchev–Trinajstić information content (AvgIpc) is 3.14. The van der Waals surface area contributed by atoms with Gasteiger partial charge in [-0.05, 0) is 30.3 Å². The molecule has 0 bridgehead atoms. The molecule has 5 nitrogen and oxygen atoms in total. The molecular formula is C16H11N3O2. The van der Waals surface area contributed by atoms with Crippen molar-refractivity contribution in [3.8, 4) is 23.0 Å². The first-order valence-corrected chi connectivity index (χ1v) is 6.48. The zero-order valence-corrected chi connectivity index (χ0v) is 11.0. The van der Waals surface area contributed by atoms with Crippen molar-refractivity contribution in [2.75, 3.05) is 5.73 Å². The summed E-state index contributed by atoms with van der Waals surface area (Å²) in [6.45, 7) is 0. The summed E-state index contributed by atoms with van der Waals surface area (Å²) in [5.74, 6) is 1.41. The summed E-state index contributed by atoms with van der Waals surface area (Å²) in [5, 5.41) is 4.97. The molecule has 0 aliphatic carbocycles. The Morgan fingerprint density at radius 1 is 0.952 bits per heavy atom. The molecule has 0 aliphatic heterocycles. The van der Waals surface area contributed by atoms with Gasteiger partial charge in [-0.2, -0.15) is 4.98 Å². The largest absolute Gasteiger partial charge is 0.453 e. The summed E-state index contributed by atoms with van der Waals surface area (Å²) < 4.78 is 11.0. The first-order valence-electron chi connectivity index (χ1n) is 6.48. The van der Waals surface area contributed by atoms with Crippen LogP contribution in [0, 0.1) is 0 Å². The van der Waals surface area contributed by atoms with Crippen LogP contribution in [0.5, 0.6) is 0 Å². The summed E-state index contributed by atoms with van der Waals surface area (Å²) in [6, 6.07) is 16.9. The molecule has 0 aliphatic rings. The molecule has 21 heavy (non-hydrogen) atoms. The van der Waals surface area contributed by atoms with Gasteiger partial charge in [-0.3, -0.25) is 0 Å². The van der Waals surface area contributed by atoms with Gasteiger partial charge in [0.1, 0.15) is 5.58 Å². The minimum Gasteiger partial charge on any atom is -0.453 e. The van der Waals surface area contributed by atoms with Crippen molar-refractivity contribution in [2.24, 2.45) is 0 Å². The zero-order valence-electron chi connectivity index (χ0n) is 11.0. The van der Waals surface area contributed by atoms with Gasteiger partial charge < -0.3 is 14.7 Å². The molecule has 2 N–H and O–H groups in total. The van der Waals surface area contributed by atoms with E-state index in [0.717, 1.165) is 16.5 Å². The molecule has 5 heteroatoms. The minimum absolute atomic E-state index is 0.415. The monoisotopic (exact) mass is 277 g/mol. The first-order chi connectivity index (χ1) is 10.3. The van der Waals surface area contributed by atoms with Gasteiger partial charge in [0, 0.05) is 16.6 Å². The lowest BCUT2D eigenvalue weighted by Gasteiger charge is -1.94. The molecule has 0 unspecified atom stereocenters. The van der Waals surface area contributed by atoms with Crippen LogP contribution in [-0.4, -0.2) is 10.1 Å². The normalized spacial score (nSPS) is 11.0. The van der Waals surface area contributed by atoms with Crippen LogP contribution in [0.4, 0.5) is 5.69 Å². The van der Waals surface area contributed by atoms with E-state index in [1.807, 2.05) is 42.5 Å². The van der Waals surface area contributed by atoms with E-state index < -0.39 is 0 Å². The number of aromatic nitrogens is 2. The summed E-state index contributed by atoms with van der Waals surface area (Å²) in [6.07, 6.45) is 0. The fraction of sp³-hybridized carbons (Fsp3) is 0. The number of nitrogens with zero attached hydrogens (tertiary/aromatic N) is 2. The van der Waals surface area contributed by atoms with Gasteiger partial charge in [-0.1, -0.05) is 29.4 Å². The van der Waals surface area contributed by atoms with E-state index in [1.54, 1.807) is 12.1 Å². The van der Waals surface area contributed by atoms with Crippen LogP contribution in [0.25, 0.3) is 34.0 Å². The zero-order chi connectivity index (χ0) is 14.2. The van der Waals surface area contributed by atoms with Gasteiger partial charge in [0.2, 0.25) is 5.82 Å². The molecule has 4 aromatic rings. The average molecular weight is 277 g/mol. The van der Waals surface area contributed by atoms with E-state index in [9.17, 15) is 0 Å². The van der Waals surface area contributed by atoms with Crippen LogP contribution in [0.1, 0.15) is 0 Å².